The Morgan fingerprint density at radius 2 is 1.85 bits per heavy atom. The third kappa shape index (κ3) is 4.84. The van der Waals surface area contributed by atoms with Crippen LogP contribution in [-0.2, 0) is 0 Å². The maximum Gasteiger partial charge on any atom is 0.109 e. The molecule has 2 nitrogen and oxygen atoms in total. The van der Waals surface area contributed by atoms with E-state index in [1.165, 1.54) is 5.84 Å². The fraction of sp³-hybridized carbons (Fsp3) is 0.900. The quantitative estimate of drug-likeness (QED) is 0.337. The Balaban J connectivity index is 4.52. The van der Waals surface area contributed by atoms with Crippen LogP contribution in [0.5, 0.6) is 0 Å². The molecule has 13 heavy (non-hydrogen) atoms. The highest BCUT2D eigenvalue weighted by Crippen LogP contribution is 2.04. The normalized spacial score (nSPS) is 12.8. The van der Waals surface area contributed by atoms with E-state index in [4.69, 9.17) is 0 Å². The van der Waals surface area contributed by atoms with Crippen molar-refractivity contribution in [2.45, 2.75) is 46.7 Å². The van der Waals surface area contributed by atoms with Gasteiger partial charge in [0, 0.05) is 18.6 Å². The SMILES string of the molecule is CCN(/C(CI)=N/C(C)C)C(C)C. The van der Waals surface area contributed by atoms with E-state index in [2.05, 4.69) is 67.1 Å². The Kier molecular flexibility index (Phi) is 6.73. The minimum Gasteiger partial charge on any atom is -0.358 e. The van der Waals surface area contributed by atoms with E-state index in [0.29, 0.717) is 12.1 Å². The van der Waals surface area contributed by atoms with Gasteiger partial charge in [-0.15, -0.1) is 0 Å². The van der Waals surface area contributed by atoms with Gasteiger partial charge in [-0.05, 0) is 34.6 Å². The molecule has 0 N–H and O–H groups in total. The molecule has 0 spiro atoms. The molecular formula is C10H21IN2. The molecule has 0 saturated carbocycles. The molecule has 0 aliphatic rings. The number of alkyl halides is 1. The smallest absolute Gasteiger partial charge is 0.109 e. The van der Waals surface area contributed by atoms with E-state index in [1.807, 2.05) is 0 Å². The number of aliphatic imine (C=N–C) groups is 1. The summed E-state index contributed by atoms with van der Waals surface area (Å²) in [5.74, 6) is 1.23. The van der Waals surface area contributed by atoms with Crippen molar-refractivity contribution in [1.29, 1.82) is 0 Å². The summed E-state index contributed by atoms with van der Waals surface area (Å²) < 4.78 is 1.00. The average molecular weight is 296 g/mol. The minimum atomic E-state index is 0.401. The van der Waals surface area contributed by atoms with Gasteiger partial charge in [-0.1, -0.05) is 22.6 Å². The van der Waals surface area contributed by atoms with Crippen LogP contribution in [0.3, 0.4) is 0 Å². The minimum absolute atomic E-state index is 0.401. The van der Waals surface area contributed by atoms with Crippen LogP contribution in [0.1, 0.15) is 34.6 Å². The molecule has 0 aromatic rings. The highest BCUT2D eigenvalue weighted by Gasteiger charge is 2.11. The standard InChI is InChI=1S/C10H21IN2/c1-6-13(9(4)5)10(7-11)12-8(2)3/h8-9H,6-7H2,1-5H3/b12-10+. The lowest BCUT2D eigenvalue weighted by atomic mass is 10.3. The molecule has 0 fully saturated rings. The third-order valence-electron chi connectivity index (χ3n) is 1.82. The predicted molar refractivity (Wildman–Crippen MR) is 69.0 cm³/mol. The van der Waals surface area contributed by atoms with Gasteiger partial charge >= 0.3 is 0 Å². The maximum absolute atomic E-state index is 4.62. The van der Waals surface area contributed by atoms with Crippen molar-refractivity contribution in [2.75, 3.05) is 11.0 Å². The second-order valence-electron chi connectivity index (χ2n) is 3.65. The molecule has 0 amide bonds. The summed E-state index contributed by atoms with van der Waals surface area (Å²) in [6.07, 6.45) is 0. The molecular weight excluding hydrogens is 275 g/mol. The zero-order chi connectivity index (χ0) is 10.4. The number of halogens is 1. The Bertz CT molecular complexity index is 164. The molecule has 3 heteroatoms. The van der Waals surface area contributed by atoms with Crippen molar-refractivity contribution in [3.63, 3.8) is 0 Å². The molecule has 0 rings (SSSR count). The fourth-order valence-corrected chi connectivity index (χ4v) is 1.96. The first-order chi connectivity index (χ1) is 6.02. The van der Waals surface area contributed by atoms with E-state index < -0.39 is 0 Å². The molecule has 0 heterocycles. The van der Waals surface area contributed by atoms with E-state index in [9.17, 15) is 0 Å². The zero-order valence-electron chi connectivity index (χ0n) is 9.34. The summed E-state index contributed by atoms with van der Waals surface area (Å²) >= 11 is 2.38. The van der Waals surface area contributed by atoms with Crippen molar-refractivity contribution < 1.29 is 0 Å². The third-order valence-corrected chi connectivity index (χ3v) is 2.50. The summed E-state index contributed by atoms with van der Waals surface area (Å²) in [6.45, 7) is 11.9. The zero-order valence-corrected chi connectivity index (χ0v) is 11.5. The van der Waals surface area contributed by atoms with Crippen LogP contribution in [0, 0.1) is 0 Å². The van der Waals surface area contributed by atoms with Crippen molar-refractivity contribution in [1.82, 2.24) is 4.90 Å². The highest BCUT2D eigenvalue weighted by molar-refractivity contribution is 14.1. The maximum atomic E-state index is 4.62. The van der Waals surface area contributed by atoms with Gasteiger partial charge in [-0.25, -0.2) is 0 Å². The molecule has 0 atom stereocenters. The van der Waals surface area contributed by atoms with Crippen molar-refractivity contribution >= 4 is 28.4 Å². The second kappa shape index (κ2) is 6.62. The lowest BCUT2D eigenvalue weighted by molar-refractivity contribution is 0.363. The van der Waals surface area contributed by atoms with E-state index >= 15 is 0 Å². The monoisotopic (exact) mass is 296 g/mol. The molecule has 0 aromatic heterocycles. The van der Waals surface area contributed by atoms with Crippen molar-refractivity contribution in [3.05, 3.63) is 0 Å². The van der Waals surface area contributed by atoms with Crippen LogP contribution in [0.25, 0.3) is 0 Å². The van der Waals surface area contributed by atoms with Crippen LogP contribution in [0.4, 0.5) is 0 Å². The van der Waals surface area contributed by atoms with Gasteiger partial charge in [0.15, 0.2) is 0 Å². The molecule has 0 aliphatic heterocycles. The summed E-state index contributed by atoms with van der Waals surface area (Å²) in [5, 5.41) is 0. The van der Waals surface area contributed by atoms with Gasteiger partial charge in [0.25, 0.3) is 0 Å². The Morgan fingerprint density at radius 1 is 1.31 bits per heavy atom. The molecule has 0 unspecified atom stereocenters. The van der Waals surface area contributed by atoms with E-state index in [0.717, 1.165) is 11.0 Å². The predicted octanol–water partition coefficient (Wildman–Crippen LogP) is 2.96. The lowest BCUT2D eigenvalue weighted by Gasteiger charge is -2.28. The van der Waals surface area contributed by atoms with Crippen molar-refractivity contribution in [2.24, 2.45) is 4.99 Å². The van der Waals surface area contributed by atoms with E-state index in [1.54, 1.807) is 0 Å². The van der Waals surface area contributed by atoms with E-state index in [-0.39, 0.29) is 0 Å². The van der Waals surface area contributed by atoms with Crippen LogP contribution >= 0.6 is 22.6 Å². The molecule has 0 aromatic carbocycles. The van der Waals surface area contributed by atoms with Crippen LogP contribution in [-0.4, -0.2) is 33.8 Å². The molecule has 0 radical (unpaired) electrons. The first-order valence-electron chi connectivity index (χ1n) is 4.92. The summed E-state index contributed by atoms with van der Waals surface area (Å²) in [7, 11) is 0. The Morgan fingerprint density at radius 3 is 2.08 bits per heavy atom. The Hall–Kier alpha value is 0.200. The number of rotatable bonds is 4. The first kappa shape index (κ1) is 13.2. The van der Waals surface area contributed by atoms with Gasteiger partial charge in [0.1, 0.15) is 5.84 Å². The largest absolute Gasteiger partial charge is 0.358 e. The van der Waals surface area contributed by atoms with Gasteiger partial charge < -0.3 is 4.90 Å². The topological polar surface area (TPSA) is 15.6 Å². The highest BCUT2D eigenvalue weighted by atomic mass is 127. The van der Waals surface area contributed by atoms with Crippen molar-refractivity contribution in [3.8, 4) is 0 Å². The molecule has 0 saturated heterocycles. The molecule has 0 aliphatic carbocycles. The Labute approximate surface area is 95.9 Å². The van der Waals surface area contributed by atoms with Gasteiger partial charge in [0.05, 0.1) is 4.43 Å². The van der Waals surface area contributed by atoms with Gasteiger partial charge in [-0.3, -0.25) is 4.99 Å². The lowest BCUT2D eigenvalue weighted by Crippen LogP contribution is -2.38. The van der Waals surface area contributed by atoms with Gasteiger partial charge in [0.2, 0.25) is 0 Å². The summed E-state index contributed by atoms with van der Waals surface area (Å²) in [6, 6.07) is 0.954. The number of amidine groups is 1. The van der Waals surface area contributed by atoms with Gasteiger partial charge in [-0.2, -0.15) is 0 Å². The van der Waals surface area contributed by atoms with Crippen LogP contribution in [0.2, 0.25) is 0 Å². The number of hydrogen-bond acceptors (Lipinski definition) is 1. The fourth-order valence-electron chi connectivity index (χ4n) is 1.33. The second-order valence-corrected chi connectivity index (χ2v) is 4.42. The number of nitrogens with zero attached hydrogens (tertiary/aromatic N) is 2. The summed E-state index contributed by atoms with van der Waals surface area (Å²) in [5.41, 5.74) is 0. The molecule has 78 valence electrons. The average Bonchev–Trinajstić information content (AvgIpc) is 2.02. The first-order valence-corrected chi connectivity index (χ1v) is 6.44. The number of hydrogen-bond donors (Lipinski definition) is 0. The molecule has 0 bridgehead atoms. The van der Waals surface area contributed by atoms with Crippen LogP contribution < -0.4 is 0 Å². The van der Waals surface area contributed by atoms with Crippen LogP contribution in [0.15, 0.2) is 4.99 Å². The summed E-state index contributed by atoms with van der Waals surface area (Å²) in [4.78, 5) is 6.98.